The molecule has 6 aromatic carbocycles. The summed E-state index contributed by atoms with van der Waals surface area (Å²) in [6.07, 6.45) is 9.03. The monoisotopic (exact) mass is 1600 g/mol. The number of methoxy groups -OCH3 is 3. The van der Waals surface area contributed by atoms with Gasteiger partial charge in [-0.2, -0.15) is 0 Å². The highest BCUT2D eigenvalue weighted by molar-refractivity contribution is 5.77. The largest absolute Gasteiger partial charge is 0.494 e. The van der Waals surface area contributed by atoms with Crippen LogP contribution in [0.3, 0.4) is 0 Å². The summed E-state index contributed by atoms with van der Waals surface area (Å²) in [5.41, 5.74) is 11.2. The molecule has 0 heterocycles. The maximum Gasteiger partial charge on any atom is 0.167 e. The van der Waals surface area contributed by atoms with Gasteiger partial charge in [-0.25, -0.2) is 0 Å². The number of carbonyl (C=O) groups is 1. The molecule has 0 amide bonds. The Bertz CT molecular complexity index is 3330. The van der Waals surface area contributed by atoms with Crippen LogP contribution in [0.15, 0.2) is 146 Å². The highest BCUT2D eigenvalue weighted by Gasteiger charge is 2.33. The molecule has 0 aliphatic carbocycles. The molecule has 11 nitrogen and oxygen atoms in total. The van der Waals surface area contributed by atoms with Crippen molar-refractivity contribution in [2.24, 2.45) is 32.5 Å². The number of Topliss-reactive ketones (excluding diaryl/α,β-unsaturated/α-hetero) is 1. The Morgan fingerprint density at radius 1 is 0.226 bits per heavy atom. The van der Waals surface area contributed by atoms with Crippen LogP contribution in [0.25, 0.3) is 0 Å². The van der Waals surface area contributed by atoms with E-state index in [0.717, 1.165) is 92.7 Å². The van der Waals surface area contributed by atoms with Gasteiger partial charge in [-0.05, 0) is 229 Å². The molecule has 0 atom stereocenters. The molecule has 0 saturated carbocycles. The number of ether oxygens (including phenoxy) is 10. The van der Waals surface area contributed by atoms with Crippen molar-refractivity contribution in [1.82, 2.24) is 0 Å². The molecule has 0 radical (unpaired) electrons. The second kappa shape index (κ2) is 49.3. The first-order valence-corrected chi connectivity index (χ1v) is 42.8. The Morgan fingerprint density at radius 2 is 0.391 bits per heavy atom. The van der Waals surface area contributed by atoms with E-state index in [9.17, 15) is 4.79 Å². The number of ketones is 1. The third-order valence-corrected chi connectivity index (χ3v) is 19.1. The number of rotatable bonds is 36. The topological polar surface area (TPSA) is 109 Å². The quantitative estimate of drug-likeness (QED) is 0.0351. The van der Waals surface area contributed by atoms with Crippen LogP contribution < -0.4 is 28.4 Å². The summed E-state index contributed by atoms with van der Waals surface area (Å²) in [5.74, 6) is 5.42. The minimum absolute atomic E-state index is 0.0390. The molecule has 0 bridgehead atoms. The molecule has 0 aliphatic rings. The van der Waals surface area contributed by atoms with Crippen LogP contribution in [-0.4, -0.2) is 99.8 Å². The van der Waals surface area contributed by atoms with Gasteiger partial charge in [-0.3, -0.25) is 4.79 Å². The van der Waals surface area contributed by atoms with Gasteiger partial charge in [0, 0.05) is 27.9 Å². The summed E-state index contributed by atoms with van der Waals surface area (Å²) < 4.78 is 53.8. The van der Waals surface area contributed by atoms with Crippen molar-refractivity contribution in [3.8, 4) is 34.5 Å². The lowest BCUT2D eigenvalue weighted by molar-refractivity contribution is -0.118. The summed E-state index contributed by atoms with van der Waals surface area (Å²) >= 11 is 0. The molecule has 0 N–H and O–H groups in total. The summed E-state index contributed by atoms with van der Waals surface area (Å²) in [6, 6.07) is 50.6. The molecule has 6 aromatic rings. The fourth-order valence-corrected chi connectivity index (χ4v) is 16.2. The third-order valence-electron chi connectivity index (χ3n) is 19.1. The van der Waals surface area contributed by atoms with E-state index in [2.05, 4.69) is 355 Å². The molecular formula is C104H170O11. The number of hydrogen-bond acceptors (Lipinski definition) is 11. The lowest BCUT2D eigenvalue weighted by Crippen LogP contribution is -2.24. The van der Waals surface area contributed by atoms with E-state index in [-0.39, 0.29) is 44.9 Å². The van der Waals surface area contributed by atoms with Crippen LogP contribution in [0.4, 0.5) is 0 Å². The first kappa shape index (κ1) is 107. The molecule has 0 aromatic heterocycles. The lowest BCUT2D eigenvalue weighted by Gasteiger charge is -2.33. The van der Waals surface area contributed by atoms with E-state index < -0.39 is 0 Å². The van der Waals surface area contributed by atoms with Crippen molar-refractivity contribution in [3.05, 3.63) is 179 Å². The van der Waals surface area contributed by atoms with E-state index in [1.807, 2.05) is 12.1 Å². The fraction of sp³-hybridized carbons (Fsp3) is 0.644. The molecule has 0 unspecified atom stereocenters. The van der Waals surface area contributed by atoms with Crippen molar-refractivity contribution >= 4 is 5.78 Å². The van der Waals surface area contributed by atoms with Gasteiger partial charge in [0.05, 0.1) is 33.0 Å². The SMILES string of the molecule is CC(=O)COc1ccc(C(C)(C)CC(C)(C)C)cc1.CCCOCCOc1ccc(C(C)(C)CC(C)(C)C)cc1.CCCOc1ccc(C(C)(C)CC(C)(C)C)cc1.COCCOc1ccc(C(C)(C)CC(C)(C)C)cc1.COCCOc1ccc(C(C)(C)CC(C)(C)C)cc1.COCCOc1ccc(C(C)(C)CC(C)(C)C)cc1. The van der Waals surface area contributed by atoms with Gasteiger partial charge in [0.15, 0.2) is 5.78 Å². The Morgan fingerprint density at radius 3 is 0.548 bits per heavy atom. The minimum Gasteiger partial charge on any atom is -0.494 e. The standard InChI is InChI=1S/C19H32O2.C17H26O2.3C17H28O2.C17H28O/c1-7-12-20-13-14-21-17-10-8-16(9-11-17)19(5,6)15-18(2,3)4;1-13(18)11-19-15-9-7-14(8-10-15)17(5,6)12-16(2,3)4;3*1-16(2,3)13-17(4,5)14-7-9-15(10-8-14)19-12-11-18-6;1-7-12-18-15-10-8-14(9-11-15)17(5,6)13-16(2,3)4/h8-11H,7,12-15H2,1-6H3;7-10H,11-12H2,1-6H3;3*7-10H,11-13H2,1-6H3;8-11H,7,12-13H2,1-6H3. The average Bonchev–Trinajstić information content (AvgIpc) is 0.859. The van der Waals surface area contributed by atoms with E-state index >= 15 is 0 Å². The van der Waals surface area contributed by atoms with Gasteiger partial charge in [0.2, 0.25) is 0 Å². The number of carbonyl (C=O) groups excluding carboxylic acids is 1. The summed E-state index contributed by atoms with van der Waals surface area (Å²) in [6.45, 7) is 81.2. The first-order chi connectivity index (χ1) is 52.8. The zero-order chi connectivity index (χ0) is 88.0. The Labute approximate surface area is 706 Å². The third kappa shape index (κ3) is 49.0. The molecular weight excluding hydrogens is 1430 g/mol. The molecule has 652 valence electrons. The van der Waals surface area contributed by atoms with Crippen molar-refractivity contribution < 1.29 is 52.2 Å². The van der Waals surface area contributed by atoms with Crippen LogP contribution >= 0.6 is 0 Å². The molecule has 0 aliphatic heterocycles. The van der Waals surface area contributed by atoms with Gasteiger partial charge in [0.25, 0.3) is 0 Å². The van der Waals surface area contributed by atoms with Gasteiger partial charge in [-0.1, -0.05) is 294 Å². The Kier molecular flexibility index (Phi) is 45.7. The van der Waals surface area contributed by atoms with Crippen molar-refractivity contribution in [1.29, 1.82) is 0 Å². The second-order valence-corrected chi connectivity index (χ2v) is 42.7. The zero-order valence-corrected chi connectivity index (χ0v) is 80.3. The maximum absolute atomic E-state index is 10.9. The molecule has 11 heteroatoms. The van der Waals surface area contributed by atoms with Crippen molar-refractivity contribution in [3.63, 3.8) is 0 Å². The summed E-state index contributed by atoms with van der Waals surface area (Å²) in [7, 11) is 5.05. The first-order valence-electron chi connectivity index (χ1n) is 42.8. The van der Waals surface area contributed by atoms with Crippen LogP contribution in [0.5, 0.6) is 34.5 Å². The van der Waals surface area contributed by atoms with Gasteiger partial charge < -0.3 is 47.4 Å². The predicted octanol–water partition coefficient (Wildman–Crippen LogP) is 28.0. The van der Waals surface area contributed by atoms with Gasteiger partial charge in [0.1, 0.15) is 67.5 Å². The molecule has 0 saturated heterocycles. The lowest BCUT2D eigenvalue weighted by atomic mass is 9.72. The maximum atomic E-state index is 10.9. The molecule has 6 rings (SSSR count). The van der Waals surface area contributed by atoms with Gasteiger partial charge >= 0.3 is 0 Å². The van der Waals surface area contributed by atoms with Crippen LogP contribution in [0.1, 0.15) is 313 Å². The smallest absolute Gasteiger partial charge is 0.167 e. The van der Waals surface area contributed by atoms with Crippen molar-refractivity contribution in [2.45, 2.75) is 312 Å². The Balaban J connectivity index is 0.000000690. The average molecular weight is 1600 g/mol. The van der Waals surface area contributed by atoms with Crippen LogP contribution in [-0.2, 0) is 56.2 Å². The number of benzene rings is 6. The van der Waals surface area contributed by atoms with Crippen molar-refractivity contribution in [2.75, 3.05) is 94.0 Å². The normalized spacial score (nSPS) is 12.5. The van der Waals surface area contributed by atoms with Gasteiger partial charge in [-0.15, -0.1) is 0 Å². The molecule has 0 spiro atoms. The predicted molar refractivity (Wildman–Crippen MR) is 492 cm³/mol. The van der Waals surface area contributed by atoms with E-state index in [1.165, 1.54) is 46.7 Å². The second-order valence-electron chi connectivity index (χ2n) is 42.7. The van der Waals surface area contributed by atoms with E-state index in [0.29, 0.717) is 85.3 Å². The summed E-state index contributed by atoms with van der Waals surface area (Å²) in [5, 5.41) is 0. The fourth-order valence-electron chi connectivity index (χ4n) is 16.2. The minimum atomic E-state index is 0.0390. The highest BCUT2D eigenvalue weighted by atomic mass is 16.5. The van der Waals surface area contributed by atoms with Crippen LogP contribution in [0, 0.1) is 32.5 Å². The number of hydrogen-bond donors (Lipinski definition) is 0. The Hall–Kier alpha value is -6.37. The summed E-state index contributed by atoms with van der Waals surface area (Å²) in [4.78, 5) is 10.9. The zero-order valence-electron chi connectivity index (χ0n) is 80.3. The van der Waals surface area contributed by atoms with Crippen LogP contribution in [0.2, 0.25) is 0 Å². The van der Waals surface area contributed by atoms with E-state index in [1.54, 1.807) is 21.3 Å². The highest BCUT2D eigenvalue weighted by Crippen LogP contribution is 2.43. The molecule has 0 fully saturated rings. The van der Waals surface area contributed by atoms with E-state index in [4.69, 9.17) is 47.4 Å². The molecule has 115 heavy (non-hydrogen) atoms.